The van der Waals surface area contributed by atoms with E-state index in [2.05, 4.69) is 31.9 Å². The van der Waals surface area contributed by atoms with Gasteiger partial charge in [0.25, 0.3) is 0 Å². The van der Waals surface area contributed by atoms with Gasteiger partial charge < -0.3 is 5.73 Å². The molecule has 96 valence electrons. The van der Waals surface area contributed by atoms with Crippen LogP contribution in [-0.4, -0.2) is 32.4 Å². The Bertz CT molecular complexity index is 505. The molecule has 0 bridgehead atoms. The number of rotatable bonds is 4. The molecule has 0 saturated carbocycles. The van der Waals surface area contributed by atoms with E-state index >= 15 is 0 Å². The van der Waals surface area contributed by atoms with Gasteiger partial charge >= 0.3 is 0 Å². The van der Waals surface area contributed by atoms with Crippen LogP contribution in [0.25, 0.3) is 0 Å². The fourth-order valence-corrected chi connectivity index (χ4v) is 4.05. The summed E-state index contributed by atoms with van der Waals surface area (Å²) in [5.41, 5.74) is 5.49. The second kappa shape index (κ2) is 5.79. The van der Waals surface area contributed by atoms with Gasteiger partial charge in [-0.2, -0.15) is 4.31 Å². The standard InChI is InChI=1S/C10H14Br2N2O2S/c1-7(6-13)14(2)17(15,16)10-5-8(11)3-4-9(10)12/h3-5,7H,6,13H2,1-2H3. The molecule has 0 heterocycles. The zero-order chi connectivity index (χ0) is 13.2. The lowest BCUT2D eigenvalue weighted by atomic mass is 10.4. The van der Waals surface area contributed by atoms with E-state index in [1.165, 1.54) is 11.4 Å². The van der Waals surface area contributed by atoms with Crippen LogP contribution in [0.1, 0.15) is 6.92 Å². The normalized spacial score (nSPS) is 14.0. The first kappa shape index (κ1) is 15.1. The fraction of sp³-hybridized carbons (Fsp3) is 0.400. The molecule has 1 unspecified atom stereocenters. The first-order valence-corrected chi connectivity index (χ1v) is 7.96. The zero-order valence-corrected chi connectivity index (χ0v) is 13.5. The molecular formula is C10H14Br2N2O2S. The minimum absolute atomic E-state index is 0.231. The molecule has 0 fully saturated rings. The molecule has 0 aliphatic heterocycles. The molecule has 0 aliphatic carbocycles. The average molecular weight is 386 g/mol. The molecule has 1 atom stereocenters. The Labute approximate surface area is 118 Å². The Balaban J connectivity index is 3.26. The molecule has 0 aromatic heterocycles. The number of nitrogens with two attached hydrogens (primary N) is 1. The summed E-state index contributed by atoms with van der Waals surface area (Å²) in [7, 11) is -2.00. The molecule has 1 aromatic carbocycles. The van der Waals surface area contributed by atoms with Crippen LogP contribution < -0.4 is 5.73 Å². The Morgan fingerprint density at radius 3 is 2.53 bits per heavy atom. The Morgan fingerprint density at radius 2 is 2.00 bits per heavy atom. The van der Waals surface area contributed by atoms with Crippen molar-refractivity contribution in [3.05, 3.63) is 27.1 Å². The number of nitrogens with zero attached hydrogens (tertiary/aromatic N) is 1. The highest BCUT2D eigenvalue weighted by Crippen LogP contribution is 2.28. The molecule has 2 N–H and O–H groups in total. The summed E-state index contributed by atoms with van der Waals surface area (Å²) in [6, 6.07) is 4.79. The molecule has 4 nitrogen and oxygen atoms in total. The van der Waals surface area contributed by atoms with Crippen molar-refractivity contribution in [1.82, 2.24) is 4.31 Å². The maximum Gasteiger partial charge on any atom is 0.244 e. The van der Waals surface area contributed by atoms with Crippen LogP contribution in [0, 0.1) is 0 Å². The van der Waals surface area contributed by atoms with Gasteiger partial charge in [-0.15, -0.1) is 0 Å². The number of sulfonamides is 1. The summed E-state index contributed by atoms with van der Waals surface area (Å²) in [6.07, 6.45) is 0. The minimum Gasteiger partial charge on any atom is -0.329 e. The lowest BCUT2D eigenvalue weighted by molar-refractivity contribution is 0.394. The SMILES string of the molecule is CC(CN)N(C)S(=O)(=O)c1cc(Br)ccc1Br. The van der Waals surface area contributed by atoms with E-state index in [4.69, 9.17) is 5.73 Å². The zero-order valence-electron chi connectivity index (χ0n) is 9.52. The highest BCUT2D eigenvalue weighted by atomic mass is 79.9. The van der Waals surface area contributed by atoms with E-state index in [-0.39, 0.29) is 17.5 Å². The summed E-state index contributed by atoms with van der Waals surface area (Å²) < 4.78 is 27.2. The third-order valence-corrected chi connectivity index (χ3v) is 5.97. The molecule has 7 heteroatoms. The first-order valence-electron chi connectivity index (χ1n) is 4.94. The lowest BCUT2D eigenvalue weighted by Gasteiger charge is -2.23. The van der Waals surface area contributed by atoms with Crippen molar-refractivity contribution in [2.45, 2.75) is 17.9 Å². The third-order valence-electron chi connectivity index (χ3n) is 2.51. The quantitative estimate of drug-likeness (QED) is 0.863. The second-order valence-electron chi connectivity index (χ2n) is 3.68. The number of hydrogen-bond donors (Lipinski definition) is 1. The number of halogens is 2. The van der Waals surface area contributed by atoms with Gasteiger partial charge in [-0.25, -0.2) is 8.42 Å². The Morgan fingerprint density at radius 1 is 1.41 bits per heavy atom. The van der Waals surface area contributed by atoms with Crippen LogP contribution in [0.15, 0.2) is 32.0 Å². The number of benzene rings is 1. The monoisotopic (exact) mass is 384 g/mol. The molecule has 0 aliphatic rings. The van der Waals surface area contributed by atoms with Crippen molar-refractivity contribution in [3.63, 3.8) is 0 Å². The molecule has 0 amide bonds. The van der Waals surface area contributed by atoms with Gasteiger partial charge in [0.2, 0.25) is 10.0 Å². The van der Waals surface area contributed by atoms with Gasteiger partial charge in [0.15, 0.2) is 0 Å². The summed E-state index contributed by atoms with van der Waals surface area (Å²) in [5, 5.41) is 0. The molecular weight excluding hydrogens is 372 g/mol. The van der Waals surface area contributed by atoms with Crippen molar-refractivity contribution >= 4 is 41.9 Å². The van der Waals surface area contributed by atoms with E-state index in [9.17, 15) is 8.42 Å². The van der Waals surface area contributed by atoms with Crippen molar-refractivity contribution in [1.29, 1.82) is 0 Å². The molecule has 0 radical (unpaired) electrons. The Hall–Kier alpha value is 0.0500. The maximum absolute atomic E-state index is 12.3. The smallest absolute Gasteiger partial charge is 0.244 e. The number of likely N-dealkylation sites (N-methyl/N-ethyl adjacent to an activating group) is 1. The molecule has 0 spiro atoms. The van der Waals surface area contributed by atoms with E-state index in [0.29, 0.717) is 8.95 Å². The predicted molar refractivity (Wildman–Crippen MR) is 75.3 cm³/mol. The van der Waals surface area contributed by atoms with Crippen LogP contribution in [0.3, 0.4) is 0 Å². The van der Waals surface area contributed by atoms with Crippen LogP contribution in [0.2, 0.25) is 0 Å². The summed E-state index contributed by atoms with van der Waals surface area (Å²) in [5.74, 6) is 0. The molecule has 1 rings (SSSR count). The van der Waals surface area contributed by atoms with Gasteiger partial charge in [0, 0.05) is 28.6 Å². The van der Waals surface area contributed by atoms with Crippen molar-refractivity contribution in [2.24, 2.45) is 5.73 Å². The summed E-state index contributed by atoms with van der Waals surface area (Å²) in [6.45, 7) is 2.05. The van der Waals surface area contributed by atoms with Crippen LogP contribution in [-0.2, 0) is 10.0 Å². The maximum atomic E-state index is 12.3. The summed E-state index contributed by atoms with van der Waals surface area (Å²) >= 11 is 6.51. The van der Waals surface area contributed by atoms with E-state index in [1.54, 1.807) is 25.1 Å². The van der Waals surface area contributed by atoms with Gasteiger partial charge in [0.1, 0.15) is 0 Å². The van der Waals surface area contributed by atoms with Crippen LogP contribution >= 0.6 is 31.9 Å². The first-order chi connectivity index (χ1) is 7.80. The summed E-state index contributed by atoms with van der Waals surface area (Å²) in [4.78, 5) is 0.231. The molecule has 17 heavy (non-hydrogen) atoms. The largest absolute Gasteiger partial charge is 0.329 e. The highest BCUT2D eigenvalue weighted by Gasteiger charge is 2.26. The Kier molecular flexibility index (Phi) is 5.15. The average Bonchev–Trinajstić information content (AvgIpc) is 2.30. The van der Waals surface area contributed by atoms with Gasteiger partial charge in [-0.1, -0.05) is 15.9 Å². The van der Waals surface area contributed by atoms with Gasteiger partial charge in [-0.3, -0.25) is 0 Å². The second-order valence-corrected chi connectivity index (χ2v) is 7.42. The van der Waals surface area contributed by atoms with Crippen LogP contribution in [0.4, 0.5) is 0 Å². The van der Waals surface area contributed by atoms with Crippen molar-refractivity contribution in [3.8, 4) is 0 Å². The van der Waals surface area contributed by atoms with E-state index in [1.807, 2.05) is 0 Å². The van der Waals surface area contributed by atoms with Crippen LogP contribution in [0.5, 0.6) is 0 Å². The third kappa shape index (κ3) is 3.29. The molecule has 0 saturated heterocycles. The fourth-order valence-electron chi connectivity index (χ4n) is 1.22. The van der Waals surface area contributed by atoms with Crippen molar-refractivity contribution in [2.75, 3.05) is 13.6 Å². The van der Waals surface area contributed by atoms with E-state index < -0.39 is 10.0 Å². The van der Waals surface area contributed by atoms with E-state index in [0.717, 1.165) is 0 Å². The topological polar surface area (TPSA) is 63.4 Å². The predicted octanol–water partition coefficient (Wildman–Crippen LogP) is 2.18. The molecule has 1 aromatic rings. The van der Waals surface area contributed by atoms with Gasteiger partial charge in [-0.05, 0) is 41.1 Å². The van der Waals surface area contributed by atoms with Crippen molar-refractivity contribution < 1.29 is 8.42 Å². The lowest BCUT2D eigenvalue weighted by Crippen LogP contribution is -2.39. The minimum atomic E-state index is -3.53. The number of hydrogen-bond acceptors (Lipinski definition) is 3. The van der Waals surface area contributed by atoms with Gasteiger partial charge in [0.05, 0.1) is 4.90 Å². The highest BCUT2D eigenvalue weighted by molar-refractivity contribution is 9.11.